The fraction of sp³-hybridized carbons (Fsp3) is 0.273. The van der Waals surface area contributed by atoms with Crippen LogP contribution >= 0.6 is 0 Å². The Balaban J connectivity index is 2.25. The lowest BCUT2D eigenvalue weighted by molar-refractivity contribution is -0.125. The molecular formula is C11H9F2NO3. The highest BCUT2D eigenvalue weighted by atomic mass is 19.1. The lowest BCUT2D eigenvalue weighted by Crippen LogP contribution is -2.30. The van der Waals surface area contributed by atoms with Gasteiger partial charge in [-0.1, -0.05) is 0 Å². The molecule has 1 saturated heterocycles. The molecule has 1 heterocycles. The first-order valence-corrected chi connectivity index (χ1v) is 4.96. The molecule has 6 heteroatoms. The van der Waals surface area contributed by atoms with E-state index in [4.69, 9.17) is 5.11 Å². The third-order valence-corrected chi connectivity index (χ3v) is 2.71. The number of carboxylic acid groups (broad SMARTS) is 1. The first kappa shape index (κ1) is 11.5. The number of nitrogens with zero attached hydrogens (tertiary/aromatic N) is 1. The van der Waals surface area contributed by atoms with Crippen LogP contribution < -0.4 is 0 Å². The molecule has 4 nitrogen and oxygen atoms in total. The van der Waals surface area contributed by atoms with E-state index in [9.17, 15) is 18.4 Å². The Morgan fingerprint density at radius 2 is 1.88 bits per heavy atom. The maximum absolute atomic E-state index is 13.0. The summed E-state index contributed by atoms with van der Waals surface area (Å²) in [5, 5.41) is 8.71. The van der Waals surface area contributed by atoms with Crippen LogP contribution in [0.5, 0.6) is 0 Å². The summed E-state index contributed by atoms with van der Waals surface area (Å²) in [6, 6.07) is 2.97. The van der Waals surface area contributed by atoms with Gasteiger partial charge in [-0.3, -0.25) is 4.79 Å². The quantitative estimate of drug-likeness (QED) is 0.817. The number of hydrogen-bond donors (Lipinski definition) is 1. The van der Waals surface area contributed by atoms with Gasteiger partial charge in [0.1, 0.15) is 11.6 Å². The van der Waals surface area contributed by atoms with Gasteiger partial charge < -0.3 is 5.11 Å². The SMILES string of the molecule is O=C(O)N1C[C@H](c2cc(F)cc(F)c2)CC1=O. The summed E-state index contributed by atoms with van der Waals surface area (Å²) < 4.78 is 26.0. The van der Waals surface area contributed by atoms with Gasteiger partial charge in [-0.2, -0.15) is 0 Å². The van der Waals surface area contributed by atoms with E-state index in [2.05, 4.69) is 0 Å². The highest BCUT2D eigenvalue weighted by molar-refractivity contribution is 5.93. The van der Waals surface area contributed by atoms with Crippen molar-refractivity contribution in [3.8, 4) is 0 Å². The number of carbonyl (C=O) groups is 2. The fourth-order valence-electron chi connectivity index (χ4n) is 1.93. The highest BCUT2D eigenvalue weighted by Gasteiger charge is 2.34. The molecule has 17 heavy (non-hydrogen) atoms. The minimum atomic E-state index is -1.34. The van der Waals surface area contributed by atoms with E-state index in [0.717, 1.165) is 18.2 Å². The van der Waals surface area contributed by atoms with Crippen molar-refractivity contribution in [1.29, 1.82) is 0 Å². The second-order valence-corrected chi connectivity index (χ2v) is 3.89. The Morgan fingerprint density at radius 3 is 2.35 bits per heavy atom. The number of hydrogen-bond acceptors (Lipinski definition) is 2. The van der Waals surface area contributed by atoms with Crippen LogP contribution in [-0.4, -0.2) is 28.6 Å². The maximum Gasteiger partial charge on any atom is 0.414 e. The van der Waals surface area contributed by atoms with Crippen molar-refractivity contribution in [1.82, 2.24) is 4.90 Å². The Labute approximate surface area is 95.5 Å². The van der Waals surface area contributed by atoms with Gasteiger partial charge in [-0.05, 0) is 17.7 Å². The second-order valence-electron chi connectivity index (χ2n) is 3.89. The lowest BCUT2D eigenvalue weighted by Gasteiger charge is -2.11. The summed E-state index contributed by atoms with van der Waals surface area (Å²) in [6.07, 6.45) is -1.38. The van der Waals surface area contributed by atoms with Crippen LogP contribution in [0.4, 0.5) is 13.6 Å². The molecule has 2 rings (SSSR count). The number of likely N-dealkylation sites (tertiary alicyclic amines) is 1. The maximum atomic E-state index is 13.0. The van der Waals surface area contributed by atoms with Crippen molar-refractivity contribution in [2.45, 2.75) is 12.3 Å². The second kappa shape index (κ2) is 4.12. The van der Waals surface area contributed by atoms with Crippen LogP contribution in [0.1, 0.15) is 17.9 Å². The monoisotopic (exact) mass is 241 g/mol. The summed E-state index contributed by atoms with van der Waals surface area (Å²) in [6.45, 7) is -0.0585. The summed E-state index contributed by atoms with van der Waals surface area (Å²) in [5.74, 6) is -2.50. The molecule has 0 aliphatic carbocycles. The highest BCUT2D eigenvalue weighted by Crippen LogP contribution is 2.29. The van der Waals surface area contributed by atoms with E-state index < -0.39 is 29.6 Å². The Bertz CT molecular complexity index is 469. The number of amides is 2. The third kappa shape index (κ3) is 2.25. The molecule has 0 aromatic heterocycles. The molecule has 90 valence electrons. The molecule has 0 bridgehead atoms. The van der Waals surface area contributed by atoms with Crippen molar-refractivity contribution >= 4 is 12.0 Å². The average molecular weight is 241 g/mol. The minimum absolute atomic E-state index is 0.0464. The van der Waals surface area contributed by atoms with Crippen LogP contribution in [0, 0.1) is 11.6 Å². The van der Waals surface area contributed by atoms with Gasteiger partial charge >= 0.3 is 6.09 Å². The minimum Gasteiger partial charge on any atom is -0.465 e. The molecule has 0 radical (unpaired) electrons. The van der Waals surface area contributed by atoms with Crippen LogP contribution in [-0.2, 0) is 4.79 Å². The summed E-state index contributed by atoms with van der Waals surface area (Å²) in [7, 11) is 0. The van der Waals surface area contributed by atoms with E-state index in [1.807, 2.05) is 0 Å². The van der Waals surface area contributed by atoms with Crippen molar-refractivity contribution < 1.29 is 23.5 Å². The zero-order chi connectivity index (χ0) is 12.6. The first-order valence-electron chi connectivity index (χ1n) is 4.96. The van der Waals surface area contributed by atoms with Crippen LogP contribution in [0.2, 0.25) is 0 Å². The predicted octanol–water partition coefficient (Wildman–Crippen LogP) is 1.96. The fourth-order valence-corrected chi connectivity index (χ4v) is 1.93. The Kier molecular flexibility index (Phi) is 2.79. The molecule has 1 aliphatic rings. The predicted molar refractivity (Wildman–Crippen MR) is 53.5 cm³/mol. The molecule has 2 amide bonds. The molecule has 1 aromatic rings. The molecule has 1 aromatic carbocycles. The molecule has 0 saturated carbocycles. The van der Waals surface area contributed by atoms with Crippen molar-refractivity contribution in [3.05, 3.63) is 35.4 Å². The van der Waals surface area contributed by atoms with Gasteiger partial charge in [-0.25, -0.2) is 18.5 Å². The topological polar surface area (TPSA) is 57.6 Å². The standard InChI is InChI=1S/C11H9F2NO3/c12-8-1-6(2-9(13)4-8)7-3-10(15)14(5-7)11(16)17/h1-2,4,7H,3,5H2,(H,16,17)/t7-/m1/s1. The number of benzene rings is 1. The largest absolute Gasteiger partial charge is 0.465 e. The van der Waals surface area contributed by atoms with Gasteiger partial charge in [-0.15, -0.1) is 0 Å². The summed E-state index contributed by atoms with van der Waals surface area (Å²) in [4.78, 5) is 22.7. The molecule has 1 atom stereocenters. The van der Waals surface area contributed by atoms with E-state index in [1.54, 1.807) is 0 Å². The third-order valence-electron chi connectivity index (χ3n) is 2.71. The van der Waals surface area contributed by atoms with E-state index >= 15 is 0 Å². The van der Waals surface area contributed by atoms with Crippen LogP contribution in [0.25, 0.3) is 0 Å². The smallest absolute Gasteiger partial charge is 0.414 e. The number of rotatable bonds is 1. The molecule has 0 spiro atoms. The van der Waals surface area contributed by atoms with Gasteiger partial charge in [0, 0.05) is 24.9 Å². The normalized spacial score (nSPS) is 19.8. The van der Waals surface area contributed by atoms with Crippen LogP contribution in [0.15, 0.2) is 18.2 Å². The summed E-state index contributed by atoms with van der Waals surface area (Å²) >= 11 is 0. The average Bonchev–Trinajstić information content (AvgIpc) is 2.59. The van der Waals surface area contributed by atoms with E-state index in [-0.39, 0.29) is 13.0 Å². The number of imide groups is 1. The lowest BCUT2D eigenvalue weighted by atomic mass is 9.98. The van der Waals surface area contributed by atoms with E-state index in [0.29, 0.717) is 10.5 Å². The zero-order valence-corrected chi connectivity index (χ0v) is 8.69. The Hall–Kier alpha value is -1.98. The number of halogens is 2. The van der Waals surface area contributed by atoms with Crippen molar-refractivity contribution in [2.24, 2.45) is 0 Å². The van der Waals surface area contributed by atoms with E-state index in [1.165, 1.54) is 0 Å². The molecule has 1 fully saturated rings. The van der Waals surface area contributed by atoms with Crippen molar-refractivity contribution in [2.75, 3.05) is 6.54 Å². The molecule has 0 unspecified atom stereocenters. The van der Waals surface area contributed by atoms with Crippen LogP contribution in [0.3, 0.4) is 0 Å². The molecular weight excluding hydrogens is 232 g/mol. The van der Waals surface area contributed by atoms with Crippen molar-refractivity contribution in [3.63, 3.8) is 0 Å². The molecule has 1 N–H and O–H groups in total. The van der Waals surface area contributed by atoms with Gasteiger partial charge in [0.15, 0.2) is 0 Å². The Morgan fingerprint density at radius 1 is 1.29 bits per heavy atom. The number of carbonyl (C=O) groups excluding carboxylic acids is 1. The van der Waals surface area contributed by atoms with Gasteiger partial charge in [0.05, 0.1) is 0 Å². The first-order chi connectivity index (χ1) is 7.97. The van der Waals surface area contributed by atoms with Gasteiger partial charge in [0.2, 0.25) is 5.91 Å². The molecule has 1 aliphatic heterocycles. The van der Waals surface area contributed by atoms with Gasteiger partial charge in [0.25, 0.3) is 0 Å². The zero-order valence-electron chi connectivity index (χ0n) is 8.69. The summed E-state index contributed by atoms with van der Waals surface area (Å²) in [5.41, 5.74) is 0.305.